The number of benzene rings is 1. The smallest absolute Gasteiger partial charge is 0.356 e. The lowest BCUT2D eigenvalue weighted by Gasteiger charge is -2.12. The minimum Gasteiger partial charge on any atom is -0.464 e. The van der Waals surface area contributed by atoms with Gasteiger partial charge in [-0.3, -0.25) is 0 Å². The summed E-state index contributed by atoms with van der Waals surface area (Å²) in [6.45, 7) is 1.84. The number of nitrogens with zero attached hydrogens (tertiary/aromatic N) is 2. The third-order valence-corrected chi connectivity index (χ3v) is 2.96. The van der Waals surface area contributed by atoms with Crippen LogP contribution in [0, 0.1) is 18.3 Å². The summed E-state index contributed by atoms with van der Waals surface area (Å²) < 4.78 is 4.62. The molecule has 0 amide bonds. The molecule has 0 spiro atoms. The highest BCUT2D eigenvalue weighted by molar-refractivity contribution is 5.89. The van der Waals surface area contributed by atoms with Crippen molar-refractivity contribution in [2.45, 2.75) is 6.92 Å². The average Bonchev–Trinajstić information content (AvgIpc) is 2.49. The molecule has 0 aliphatic heterocycles. The van der Waals surface area contributed by atoms with Crippen LogP contribution in [0.25, 0.3) is 0 Å². The molecule has 0 bridgehead atoms. The summed E-state index contributed by atoms with van der Waals surface area (Å²) >= 11 is 0. The maximum atomic E-state index is 11.5. The summed E-state index contributed by atoms with van der Waals surface area (Å²) in [6.07, 6.45) is 0. The van der Waals surface area contributed by atoms with Crippen LogP contribution in [0.15, 0.2) is 30.3 Å². The van der Waals surface area contributed by atoms with Gasteiger partial charge in [-0.1, -0.05) is 12.1 Å². The first kappa shape index (κ1) is 14.3. The molecule has 2 aromatic rings. The first-order chi connectivity index (χ1) is 10.1. The van der Waals surface area contributed by atoms with Crippen molar-refractivity contribution < 1.29 is 9.53 Å². The van der Waals surface area contributed by atoms with Crippen molar-refractivity contribution in [1.82, 2.24) is 4.98 Å². The van der Waals surface area contributed by atoms with Gasteiger partial charge >= 0.3 is 5.97 Å². The van der Waals surface area contributed by atoms with E-state index < -0.39 is 5.97 Å². The Balaban J connectivity index is 2.43. The fourth-order valence-corrected chi connectivity index (χ4v) is 1.84. The van der Waals surface area contributed by atoms with Gasteiger partial charge in [0.1, 0.15) is 6.07 Å². The topological polar surface area (TPSA) is 101 Å². The van der Waals surface area contributed by atoms with E-state index in [0.29, 0.717) is 22.8 Å². The van der Waals surface area contributed by atoms with Crippen molar-refractivity contribution in [2.24, 2.45) is 0 Å². The molecule has 0 saturated heterocycles. The molecule has 1 aromatic carbocycles. The normalized spacial score (nSPS) is 9.76. The molecular weight excluding hydrogens is 268 g/mol. The number of carbonyl (C=O) groups excluding carboxylic acids is 1. The van der Waals surface area contributed by atoms with E-state index in [9.17, 15) is 10.1 Å². The van der Waals surface area contributed by atoms with Gasteiger partial charge in [0.2, 0.25) is 0 Å². The molecule has 0 atom stereocenters. The molecule has 6 heteroatoms. The number of nitrogens with one attached hydrogen (secondary N) is 1. The van der Waals surface area contributed by atoms with E-state index in [0.717, 1.165) is 5.56 Å². The third kappa shape index (κ3) is 2.92. The standard InChI is InChI=1S/C15H14N4O2/c1-9-4-3-5-12(10(9)8-16)18-14-11(17)6-7-13(19-14)15(20)21-2/h3-7H,17H2,1-2H3,(H,18,19). The van der Waals surface area contributed by atoms with Gasteiger partial charge in [-0.15, -0.1) is 0 Å². The molecule has 1 heterocycles. The van der Waals surface area contributed by atoms with Crippen molar-refractivity contribution >= 4 is 23.2 Å². The lowest BCUT2D eigenvalue weighted by molar-refractivity contribution is 0.0594. The lowest BCUT2D eigenvalue weighted by Crippen LogP contribution is -2.08. The summed E-state index contributed by atoms with van der Waals surface area (Å²) in [5.41, 5.74) is 8.28. The number of aryl methyl sites for hydroxylation is 1. The van der Waals surface area contributed by atoms with Crippen LogP contribution in [0.4, 0.5) is 17.2 Å². The van der Waals surface area contributed by atoms with Crippen LogP contribution >= 0.6 is 0 Å². The summed E-state index contributed by atoms with van der Waals surface area (Å²) in [6, 6.07) is 10.6. The molecule has 0 aliphatic rings. The van der Waals surface area contributed by atoms with Crippen molar-refractivity contribution in [2.75, 3.05) is 18.2 Å². The molecule has 0 saturated carbocycles. The van der Waals surface area contributed by atoms with Crippen LogP contribution in [0.3, 0.4) is 0 Å². The molecular formula is C15H14N4O2. The second kappa shape index (κ2) is 5.92. The number of methoxy groups -OCH3 is 1. The van der Waals surface area contributed by atoms with Crippen molar-refractivity contribution in [3.63, 3.8) is 0 Å². The zero-order valence-electron chi connectivity index (χ0n) is 11.7. The third-order valence-electron chi connectivity index (χ3n) is 2.96. The molecule has 21 heavy (non-hydrogen) atoms. The maximum Gasteiger partial charge on any atom is 0.356 e. The second-order valence-corrected chi connectivity index (χ2v) is 4.36. The van der Waals surface area contributed by atoms with E-state index in [-0.39, 0.29) is 5.69 Å². The van der Waals surface area contributed by atoms with Crippen molar-refractivity contribution in [1.29, 1.82) is 5.26 Å². The monoisotopic (exact) mass is 282 g/mol. The number of nitriles is 1. The number of esters is 1. The number of nitrogen functional groups attached to an aromatic ring is 1. The largest absolute Gasteiger partial charge is 0.464 e. The fourth-order valence-electron chi connectivity index (χ4n) is 1.84. The van der Waals surface area contributed by atoms with Crippen LogP contribution in [-0.4, -0.2) is 18.1 Å². The highest BCUT2D eigenvalue weighted by Crippen LogP contribution is 2.25. The van der Waals surface area contributed by atoms with Gasteiger partial charge in [-0.2, -0.15) is 5.26 Å². The lowest BCUT2D eigenvalue weighted by atomic mass is 10.1. The van der Waals surface area contributed by atoms with Gasteiger partial charge in [0.15, 0.2) is 11.5 Å². The van der Waals surface area contributed by atoms with E-state index in [1.807, 2.05) is 19.1 Å². The highest BCUT2D eigenvalue weighted by atomic mass is 16.5. The summed E-state index contributed by atoms with van der Waals surface area (Å²) in [7, 11) is 1.28. The molecule has 0 radical (unpaired) electrons. The van der Waals surface area contributed by atoms with E-state index in [4.69, 9.17) is 5.73 Å². The van der Waals surface area contributed by atoms with Gasteiger partial charge in [0.25, 0.3) is 0 Å². The van der Waals surface area contributed by atoms with Crippen molar-refractivity contribution in [3.8, 4) is 6.07 Å². The van der Waals surface area contributed by atoms with Gasteiger partial charge < -0.3 is 15.8 Å². The van der Waals surface area contributed by atoms with Gasteiger partial charge in [0.05, 0.1) is 24.0 Å². The first-order valence-electron chi connectivity index (χ1n) is 6.18. The van der Waals surface area contributed by atoms with E-state index in [2.05, 4.69) is 21.1 Å². The SMILES string of the molecule is COC(=O)c1ccc(N)c(Nc2cccc(C)c2C#N)n1. The Morgan fingerprint density at radius 3 is 2.81 bits per heavy atom. The van der Waals surface area contributed by atoms with E-state index >= 15 is 0 Å². The summed E-state index contributed by atoms with van der Waals surface area (Å²) in [5, 5.41) is 12.2. The number of hydrogen-bond acceptors (Lipinski definition) is 6. The Kier molecular flexibility index (Phi) is 4.05. The van der Waals surface area contributed by atoms with Crippen LogP contribution in [0.2, 0.25) is 0 Å². The summed E-state index contributed by atoms with van der Waals surface area (Å²) in [4.78, 5) is 15.6. The summed E-state index contributed by atoms with van der Waals surface area (Å²) in [5.74, 6) is -0.247. The number of ether oxygens (including phenoxy) is 1. The number of anilines is 3. The maximum absolute atomic E-state index is 11.5. The van der Waals surface area contributed by atoms with Crippen molar-refractivity contribution in [3.05, 3.63) is 47.2 Å². The number of carbonyl (C=O) groups is 1. The van der Waals surface area contributed by atoms with Gasteiger partial charge in [0, 0.05) is 0 Å². The predicted octanol–water partition coefficient (Wildman–Crippen LogP) is 2.37. The molecule has 3 N–H and O–H groups in total. The minimum absolute atomic E-state index is 0.139. The average molecular weight is 282 g/mol. The van der Waals surface area contributed by atoms with Crippen LogP contribution in [0.5, 0.6) is 0 Å². The van der Waals surface area contributed by atoms with Crippen LogP contribution in [-0.2, 0) is 4.74 Å². The van der Waals surface area contributed by atoms with Crippen LogP contribution in [0.1, 0.15) is 21.6 Å². The molecule has 0 aliphatic carbocycles. The zero-order valence-corrected chi connectivity index (χ0v) is 11.7. The Bertz CT molecular complexity index is 735. The Labute approximate surface area is 122 Å². The number of rotatable bonds is 3. The molecule has 0 fully saturated rings. The molecule has 2 rings (SSSR count). The molecule has 1 aromatic heterocycles. The predicted molar refractivity (Wildman–Crippen MR) is 79.2 cm³/mol. The fraction of sp³-hybridized carbons (Fsp3) is 0.133. The highest BCUT2D eigenvalue weighted by Gasteiger charge is 2.12. The van der Waals surface area contributed by atoms with Gasteiger partial charge in [-0.05, 0) is 30.7 Å². The molecule has 106 valence electrons. The Hall–Kier alpha value is -3.07. The second-order valence-electron chi connectivity index (χ2n) is 4.36. The number of nitrogens with two attached hydrogens (primary N) is 1. The number of pyridine rings is 1. The van der Waals surface area contributed by atoms with E-state index in [1.165, 1.54) is 13.2 Å². The molecule has 0 unspecified atom stereocenters. The minimum atomic E-state index is -0.553. The number of aromatic nitrogens is 1. The quantitative estimate of drug-likeness (QED) is 0.838. The van der Waals surface area contributed by atoms with Crippen LogP contribution < -0.4 is 11.1 Å². The number of hydrogen-bond donors (Lipinski definition) is 2. The first-order valence-corrected chi connectivity index (χ1v) is 6.18. The Morgan fingerprint density at radius 2 is 2.14 bits per heavy atom. The van der Waals surface area contributed by atoms with E-state index in [1.54, 1.807) is 12.1 Å². The molecule has 6 nitrogen and oxygen atoms in total. The Morgan fingerprint density at radius 1 is 1.38 bits per heavy atom. The zero-order chi connectivity index (χ0) is 15.4. The van der Waals surface area contributed by atoms with Gasteiger partial charge in [-0.25, -0.2) is 9.78 Å².